The van der Waals surface area contributed by atoms with Crippen molar-refractivity contribution >= 4 is 16.9 Å². The molecule has 0 N–H and O–H groups in total. The van der Waals surface area contributed by atoms with E-state index in [1.807, 2.05) is 29.2 Å². The molecule has 0 aliphatic carbocycles. The molecule has 0 bridgehead atoms. The number of benzene rings is 1. The quantitative estimate of drug-likeness (QED) is 0.825. The van der Waals surface area contributed by atoms with Gasteiger partial charge in [-0.2, -0.15) is 0 Å². The van der Waals surface area contributed by atoms with Gasteiger partial charge < -0.3 is 23.7 Å². The molecule has 2 aliphatic heterocycles. The van der Waals surface area contributed by atoms with Gasteiger partial charge in [-0.05, 0) is 37.8 Å². The number of nitrogens with zero attached hydrogens (tertiary/aromatic N) is 2. The third-order valence-electron chi connectivity index (χ3n) is 6.02. The van der Waals surface area contributed by atoms with Gasteiger partial charge in [0.2, 0.25) is 0 Å². The van der Waals surface area contributed by atoms with Crippen molar-refractivity contribution in [2.75, 3.05) is 40.4 Å². The zero-order valence-corrected chi connectivity index (χ0v) is 16.1. The molecule has 1 aromatic heterocycles. The summed E-state index contributed by atoms with van der Waals surface area (Å²) in [5.74, 6) is 1.03. The second-order valence-electron chi connectivity index (χ2n) is 7.48. The highest BCUT2D eigenvalue weighted by Gasteiger charge is 2.31. The largest absolute Gasteiger partial charge is 0.493 e. The number of furan rings is 1. The number of hydrogen-bond donors (Lipinski definition) is 0. The zero-order chi connectivity index (χ0) is 18.8. The average Bonchev–Trinajstić information content (AvgIpc) is 3.18. The van der Waals surface area contributed by atoms with Crippen LogP contribution in [0.25, 0.3) is 11.0 Å². The van der Waals surface area contributed by atoms with E-state index in [1.165, 1.54) is 0 Å². The van der Waals surface area contributed by atoms with Crippen LogP contribution < -0.4 is 4.74 Å². The van der Waals surface area contributed by atoms with Gasteiger partial charge in [0.05, 0.1) is 13.2 Å². The first-order chi connectivity index (χ1) is 13.2. The van der Waals surface area contributed by atoms with Crippen LogP contribution in [0.1, 0.15) is 36.2 Å². The van der Waals surface area contributed by atoms with E-state index in [1.54, 1.807) is 14.2 Å². The molecule has 2 aromatic rings. The summed E-state index contributed by atoms with van der Waals surface area (Å²) in [4.78, 5) is 17.4. The van der Waals surface area contributed by atoms with E-state index in [0.717, 1.165) is 57.2 Å². The molecule has 1 aromatic carbocycles. The molecule has 0 saturated carbocycles. The zero-order valence-electron chi connectivity index (χ0n) is 16.1. The summed E-state index contributed by atoms with van der Waals surface area (Å²) in [6, 6.07) is 8.08. The van der Waals surface area contributed by atoms with Crippen molar-refractivity contribution < 1.29 is 18.7 Å². The van der Waals surface area contributed by atoms with E-state index >= 15 is 0 Å². The Labute approximate surface area is 160 Å². The number of rotatable bonds is 4. The predicted octanol–water partition coefficient (Wildman–Crippen LogP) is 3.16. The maximum atomic E-state index is 12.9. The highest BCUT2D eigenvalue weighted by molar-refractivity contribution is 5.97. The molecular formula is C21H28N2O4. The van der Waals surface area contributed by atoms with Gasteiger partial charge in [-0.15, -0.1) is 0 Å². The van der Waals surface area contributed by atoms with Crippen LogP contribution in [0.5, 0.6) is 5.75 Å². The van der Waals surface area contributed by atoms with E-state index in [-0.39, 0.29) is 5.91 Å². The lowest BCUT2D eigenvalue weighted by Gasteiger charge is -2.41. The van der Waals surface area contributed by atoms with Crippen LogP contribution in [-0.2, 0) is 4.74 Å². The lowest BCUT2D eigenvalue weighted by atomic mass is 9.98. The van der Waals surface area contributed by atoms with Crippen LogP contribution in [0, 0.1) is 0 Å². The molecule has 1 amide bonds. The second-order valence-corrected chi connectivity index (χ2v) is 7.48. The molecule has 4 rings (SSSR count). The summed E-state index contributed by atoms with van der Waals surface area (Å²) in [6.07, 6.45) is 4.67. The van der Waals surface area contributed by atoms with Crippen molar-refractivity contribution in [2.45, 2.75) is 37.8 Å². The number of methoxy groups -OCH3 is 2. The van der Waals surface area contributed by atoms with E-state index in [4.69, 9.17) is 13.9 Å². The number of piperidine rings is 2. The highest BCUT2D eigenvalue weighted by atomic mass is 16.5. The van der Waals surface area contributed by atoms with Crippen molar-refractivity contribution in [3.63, 3.8) is 0 Å². The molecule has 0 spiro atoms. The van der Waals surface area contributed by atoms with Crippen molar-refractivity contribution in [2.24, 2.45) is 0 Å². The van der Waals surface area contributed by atoms with Gasteiger partial charge in [0.25, 0.3) is 5.91 Å². The highest BCUT2D eigenvalue weighted by Crippen LogP contribution is 2.30. The number of amides is 1. The number of para-hydroxylation sites is 1. The fraction of sp³-hybridized carbons (Fsp3) is 0.571. The van der Waals surface area contributed by atoms with Gasteiger partial charge in [-0.25, -0.2) is 0 Å². The minimum Gasteiger partial charge on any atom is -0.493 e. The second kappa shape index (κ2) is 7.90. The number of fused-ring (bicyclic) bond motifs is 1. The van der Waals surface area contributed by atoms with Crippen LogP contribution in [0.3, 0.4) is 0 Å². The van der Waals surface area contributed by atoms with Gasteiger partial charge in [0.15, 0.2) is 17.1 Å². The minimum absolute atomic E-state index is 0.0233. The normalized spacial score (nSPS) is 20.3. The molecule has 6 nitrogen and oxygen atoms in total. The number of carbonyl (C=O) groups excluding carboxylic acids is 1. The molecule has 0 unspecified atom stereocenters. The first-order valence-corrected chi connectivity index (χ1v) is 9.82. The van der Waals surface area contributed by atoms with E-state index in [2.05, 4.69) is 4.90 Å². The Morgan fingerprint density at radius 2 is 1.81 bits per heavy atom. The fourth-order valence-electron chi connectivity index (χ4n) is 4.37. The topological polar surface area (TPSA) is 55.2 Å². The standard InChI is InChI=1S/C21H28N2O4/c1-25-17-8-12-22(13-9-17)16-6-10-23(11-7-16)21(24)19-14-15-4-3-5-18(26-2)20(15)27-19/h3-5,14,16-17H,6-13H2,1-2H3. The summed E-state index contributed by atoms with van der Waals surface area (Å²) >= 11 is 0. The maximum Gasteiger partial charge on any atom is 0.289 e. The Hall–Kier alpha value is -2.05. The van der Waals surface area contributed by atoms with Crippen molar-refractivity contribution in [3.05, 3.63) is 30.0 Å². The van der Waals surface area contributed by atoms with Crippen LogP contribution >= 0.6 is 0 Å². The fourth-order valence-corrected chi connectivity index (χ4v) is 4.37. The third kappa shape index (κ3) is 3.69. The van der Waals surface area contributed by atoms with Crippen molar-refractivity contribution in [1.29, 1.82) is 0 Å². The molecule has 2 aliphatic rings. The van der Waals surface area contributed by atoms with E-state index < -0.39 is 0 Å². The molecule has 0 atom stereocenters. The van der Waals surface area contributed by atoms with Gasteiger partial charge in [-0.1, -0.05) is 12.1 Å². The van der Waals surface area contributed by atoms with Crippen LogP contribution in [-0.4, -0.2) is 68.3 Å². The Morgan fingerprint density at radius 3 is 2.48 bits per heavy atom. The van der Waals surface area contributed by atoms with Crippen LogP contribution in [0.4, 0.5) is 0 Å². The third-order valence-corrected chi connectivity index (χ3v) is 6.02. The molecule has 27 heavy (non-hydrogen) atoms. The number of ether oxygens (including phenoxy) is 2. The molecule has 0 radical (unpaired) electrons. The van der Waals surface area contributed by atoms with Gasteiger partial charge in [0, 0.05) is 44.7 Å². The van der Waals surface area contributed by atoms with Crippen LogP contribution in [0.2, 0.25) is 0 Å². The first-order valence-electron chi connectivity index (χ1n) is 9.82. The molecule has 6 heteroatoms. The number of hydrogen-bond acceptors (Lipinski definition) is 5. The first kappa shape index (κ1) is 18.3. The summed E-state index contributed by atoms with van der Waals surface area (Å²) in [5.41, 5.74) is 0.638. The van der Waals surface area contributed by atoms with Gasteiger partial charge >= 0.3 is 0 Å². The average molecular weight is 372 g/mol. The lowest BCUT2D eigenvalue weighted by Crippen LogP contribution is -2.49. The van der Waals surface area contributed by atoms with Gasteiger partial charge in [-0.3, -0.25) is 4.79 Å². The Balaban J connectivity index is 1.37. The van der Waals surface area contributed by atoms with Crippen molar-refractivity contribution in [1.82, 2.24) is 9.80 Å². The Bertz CT molecular complexity index is 787. The molecule has 146 valence electrons. The van der Waals surface area contributed by atoms with Crippen LogP contribution in [0.15, 0.2) is 28.7 Å². The predicted molar refractivity (Wildman–Crippen MR) is 103 cm³/mol. The van der Waals surface area contributed by atoms with Crippen molar-refractivity contribution in [3.8, 4) is 5.75 Å². The lowest BCUT2D eigenvalue weighted by molar-refractivity contribution is 0.0142. The summed E-state index contributed by atoms with van der Waals surface area (Å²) in [6.45, 7) is 3.75. The summed E-state index contributed by atoms with van der Waals surface area (Å²) in [5, 5.41) is 0.897. The Kier molecular flexibility index (Phi) is 5.36. The van der Waals surface area contributed by atoms with E-state index in [9.17, 15) is 4.79 Å². The Morgan fingerprint density at radius 1 is 1.07 bits per heavy atom. The van der Waals surface area contributed by atoms with Gasteiger partial charge in [0.1, 0.15) is 0 Å². The SMILES string of the molecule is COc1cccc2cc(C(=O)N3CCC(N4CCC(OC)CC4)CC3)oc12. The maximum absolute atomic E-state index is 12.9. The summed E-state index contributed by atoms with van der Waals surface area (Å²) in [7, 11) is 3.41. The molecule has 2 fully saturated rings. The molecule has 3 heterocycles. The number of likely N-dealkylation sites (tertiary alicyclic amines) is 2. The minimum atomic E-state index is -0.0233. The summed E-state index contributed by atoms with van der Waals surface area (Å²) < 4.78 is 16.6. The number of carbonyl (C=O) groups is 1. The smallest absolute Gasteiger partial charge is 0.289 e. The monoisotopic (exact) mass is 372 g/mol. The molecule has 2 saturated heterocycles. The van der Waals surface area contributed by atoms with E-state index in [0.29, 0.717) is 29.2 Å². The molecular weight excluding hydrogens is 344 g/mol.